The Balaban J connectivity index is 1.58. The van der Waals surface area contributed by atoms with Crippen molar-refractivity contribution in [2.75, 3.05) is 5.32 Å². The van der Waals surface area contributed by atoms with Crippen LogP contribution in [0.3, 0.4) is 0 Å². The lowest BCUT2D eigenvalue weighted by Gasteiger charge is -2.10. The van der Waals surface area contributed by atoms with Gasteiger partial charge in [-0.1, -0.05) is 41.4 Å². The van der Waals surface area contributed by atoms with Gasteiger partial charge in [0, 0.05) is 11.1 Å². The lowest BCUT2D eigenvalue weighted by atomic mass is 10.2. The molecule has 5 rings (SSSR count). The highest BCUT2D eigenvalue weighted by Crippen LogP contribution is 2.23. The van der Waals surface area contributed by atoms with Gasteiger partial charge in [0.15, 0.2) is 5.65 Å². The number of aryl methyl sites for hydroxylation is 1. The second-order valence-corrected chi connectivity index (χ2v) is 8.02. The highest BCUT2D eigenvalue weighted by Gasteiger charge is 2.18. The number of fused-ring (bicyclic) bond motifs is 1. The monoisotopic (exact) mass is 479 g/mol. The molecule has 0 saturated heterocycles. The Kier molecular flexibility index (Phi) is 5.20. The fourth-order valence-electron chi connectivity index (χ4n) is 3.37. The molecular formula is C22H15Cl2N7O2. The number of benzene rings is 2. The van der Waals surface area contributed by atoms with Gasteiger partial charge in [-0.2, -0.15) is 19.9 Å². The number of anilines is 1. The highest BCUT2D eigenvalue weighted by molar-refractivity contribution is 6.37. The van der Waals surface area contributed by atoms with Crippen molar-refractivity contribution in [3.63, 3.8) is 0 Å². The number of nitrogens with zero attached hydrogens (tertiary/aromatic N) is 5. The van der Waals surface area contributed by atoms with Crippen LogP contribution in [0.1, 0.15) is 16.1 Å². The third kappa shape index (κ3) is 3.88. The molecule has 0 fully saturated rings. The molecule has 0 aliphatic rings. The fourth-order valence-corrected chi connectivity index (χ4v) is 3.87. The van der Waals surface area contributed by atoms with Crippen molar-refractivity contribution in [3.05, 3.63) is 92.5 Å². The average Bonchev–Trinajstić information content (AvgIpc) is 3.38. The summed E-state index contributed by atoms with van der Waals surface area (Å²) in [6.07, 6.45) is 1.46. The number of halogens is 2. The molecule has 2 aromatic carbocycles. The van der Waals surface area contributed by atoms with Crippen molar-refractivity contribution >= 4 is 46.0 Å². The minimum atomic E-state index is -0.462. The number of rotatable bonds is 4. The summed E-state index contributed by atoms with van der Waals surface area (Å²) in [7, 11) is 0. The predicted octanol–water partition coefficient (Wildman–Crippen LogP) is 4.16. The Hall–Kier alpha value is -3.95. The van der Waals surface area contributed by atoms with Crippen LogP contribution < -0.4 is 10.9 Å². The molecule has 0 spiro atoms. The summed E-state index contributed by atoms with van der Waals surface area (Å²) < 4.78 is 2.91. The minimum Gasteiger partial charge on any atom is -0.306 e. The van der Waals surface area contributed by atoms with Gasteiger partial charge in [-0.05, 0) is 37.3 Å². The van der Waals surface area contributed by atoms with E-state index in [1.54, 1.807) is 23.7 Å². The predicted molar refractivity (Wildman–Crippen MR) is 126 cm³/mol. The zero-order chi connectivity index (χ0) is 23.1. The average molecular weight is 480 g/mol. The normalized spacial score (nSPS) is 11.1. The van der Waals surface area contributed by atoms with Gasteiger partial charge in [0.2, 0.25) is 5.95 Å². The quantitative estimate of drug-likeness (QED) is 0.401. The van der Waals surface area contributed by atoms with Crippen LogP contribution in [0.2, 0.25) is 10.0 Å². The van der Waals surface area contributed by atoms with Gasteiger partial charge in [0.05, 0.1) is 28.2 Å². The van der Waals surface area contributed by atoms with Gasteiger partial charge in [-0.25, -0.2) is 4.68 Å². The standard InChI is InChI=1S/C22H15Cl2N7O2/c1-12-9-18(26-20(32)15-8-7-13(23)10-17(15)24)31(29-12)22-27-19-16(21(33)28-22)11-25-30(19)14-5-3-2-4-6-14/h2-11H,1H3,(H,26,32)(H,27,28,33). The number of para-hydroxylation sites is 1. The molecule has 5 aromatic rings. The van der Waals surface area contributed by atoms with Crippen molar-refractivity contribution in [2.24, 2.45) is 0 Å². The van der Waals surface area contributed by atoms with E-state index in [1.165, 1.54) is 23.0 Å². The number of carbonyl (C=O) groups excluding carboxylic acids is 1. The minimum absolute atomic E-state index is 0.121. The van der Waals surface area contributed by atoms with E-state index in [4.69, 9.17) is 23.2 Å². The summed E-state index contributed by atoms with van der Waals surface area (Å²) in [6, 6.07) is 15.6. The summed E-state index contributed by atoms with van der Waals surface area (Å²) >= 11 is 12.1. The maximum absolute atomic E-state index is 12.8. The molecule has 9 nitrogen and oxygen atoms in total. The van der Waals surface area contributed by atoms with Crippen LogP contribution in [0.4, 0.5) is 5.82 Å². The molecule has 3 aromatic heterocycles. The SMILES string of the molecule is Cc1cc(NC(=O)c2ccc(Cl)cc2Cl)n(-c2nc3c(cnn3-c3ccccc3)c(=O)[nH]2)n1. The van der Waals surface area contributed by atoms with Gasteiger partial charge in [-0.15, -0.1) is 0 Å². The molecule has 0 bridgehead atoms. The summed E-state index contributed by atoms with van der Waals surface area (Å²) in [6.45, 7) is 1.76. The third-order valence-corrected chi connectivity index (χ3v) is 5.42. The lowest BCUT2D eigenvalue weighted by molar-refractivity contribution is 0.102. The van der Waals surface area contributed by atoms with Crippen LogP contribution in [0.15, 0.2) is 65.6 Å². The van der Waals surface area contributed by atoms with Crippen LogP contribution in [-0.2, 0) is 0 Å². The van der Waals surface area contributed by atoms with Gasteiger partial charge in [0.25, 0.3) is 11.5 Å². The van der Waals surface area contributed by atoms with Gasteiger partial charge in [0.1, 0.15) is 11.2 Å². The molecule has 0 aliphatic heterocycles. The number of hydrogen-bond acceptors (Lipinski definition) is 5. The summed E-state index contributed by atoms with van der Waals surface area (Å²) in [4.78, 5) is 32.9. The van der Waals surface area contributed by atoms with Crippen LogP contribution in [-0.4, -0.2) is 35.4 Å². The van der Waals surface area contributed by atoms with Crippen molar-refractivity contribution < 1.29 is 4.79 Å². The summed E-state index contributed by atoms with van der Waals surface area (Å²) in [5, 5.41) is 12.4. The van der Waals surface area contributed by atoms with Gasteiger partial charge in [-0.3, -0.25) is 14.6 Å². The first-order valence-electron chi connectivity index (χ1n) is 9.77. The third-order valence-electron chi connectivity index (χ3n) is 4.88. The molecular weight excluding hydrogens is 465 g/mol. The van der Waals surface area contributed by atoms with E-state index in [0.717, 1.165) is 5.69 Å². The van der Waals surface area contributed by atoms with Crippen molar-refractivity contribution in [1.82, 2.24) is 29.5 Å². The fraction of sp³-hybridized carbons (Fsp3) is 0.0455. The molecule has 11 heteroatoms. The molecule has 0 atom stereocenters. The number of H-pyrrole nitrogens is 1. The lowest BCUT2D eigenvalue weighted by Crippen LogP contribution is -2.19. The number of hydrogen-bond donors (Lipinski definition) is 2. The van der Waals surface area contributed by atoms with E-state index >= 15 is 0 Å². The van der Waals surface area contributed by atoms with E-state index in [9.17, 15) is 9.59 Å². The first-order chi connectivity index (χ1) is 15.9. The molecule has 0 radical (unpaired) electrons. The maximum Gasteiger partial charge on any atom is 0.263 e. The topological polar surface area (TPSA) is 110 Å². The molecule has 1 amide bonds. The smallest absolute Gasteiger partial charge is 0.263 e. The Morgan fingerprint density at radius 1 is 1.06 bits per heavy atom. The van der Waals surface area contributed by atoms with Crippen LogP contribution >= 0.6 is 23.2 Å². The molecule has 164 valence electrons. The van der Waals surface area contributed by atoms with Gasteiger partial charge >= 0.3 is 0 Å². The molecule has 3 heterocycles. The zero-order valence-electron chi connectivity index (χ0n) is 17.1. The van der Waals surface area contributed by atoms with E-state index in [-0.39, 0.29) is 22.1 Å². The molecule has 0 aliphatic carbocycles. The molecule has 0 unspecified atom stereocenters. The van der Waals surface area contributed by atoms with E-state index in [1.807, 2.05) is 30.3 Å². The summed E-state index contributed by atoms with van der Waals surface area (Å²) in [5.41, 5.74) is 1.56. The number of nitrogens with one attached hydrogen (secondary N) is 2. The Morgan fingerprint density at radius 2 is 1.85 bits per heavy atom. The van der Waals surface area contributed by atoms with Crippen molar-refractivity contribution in [1.29, 1.82) is 0 Å². The van der Waals surface area contributed by atoms with E-state index in [0.29, 0.717) is 27.6 Å². The van der Waals surface area contributed by atoms with E-state index < -0.39 is 5.91 Å². The number of aromatic nitrogens is 6. The number of aromatic amines is 1. The first-order valence-corrected chi connectivity index (χ1v) is 10.5. The van der Waals surface area contributed by atoms with Crippen molar-refractivity contribution in [3.8, 4) is 11.6 Å². The highest BCUT2D eigenvalue weighted by atomic mass is 35.5. The van der Waals surface area contributed by atoms with Gasteiger partial charge < -0.3 is 5.32 Å². The van der Waals surface area contributed by atoms with E-state index in [2.05, 4.69) is 25.5 Å². The molecule has 0 saturated carbocycles. The summed E-state index contributed by atoms with van der Waals surface area (Å²) in [5.74, 6) is -0.0388. The largest absolute Gasteiger partial charge is 0.306 e. The Labute approximate surface area is 196 Å². The van der Waals surface area contributed by atoms with Crippen LogP contribution in [0.25, 0.3) is 22.7 Å². The molecule has 2 N–H and O–H groups in total. The Morgan fingerprint density at radius 3 is 2.61 bits per heavy atom. The zero-order valence-corrected chi connectivity index (χ0v) is 18.6. The first kappa shape index (κ1) is 20.9. The van der Waals surface area contributed by atoms with Crippen LogP contribution in [0.5, 0.6) is 0 Å². The van der Waals surface area contributed by atoms with Crippen molar-refractivity contribution in [2.45, 2.75) is 6.92 Å². The van der Waals surface area contributed by atoms with Crippen LogP contribution in [0, 0.1) is 6.92 Å². The number of amides is 1. The maximum atomic E-state index is 12.8. The second kappa shape index (κ2) is 8.19. The molecule has 33 heavy (non-hydrogen) atoms. The number of carbonyl (C=O) groups is 1. The second-order valence-electron chi connectivity index (χ2n) is 7.18. The Bertz CT molecular complexity index is 1570.